The quantitative estimate of drug-likeness (QED) is 0.701. The summed E-state index contributed by atoms with van der Waals surface area (Å²) < 4.78 is 25.9. The Kier molecular flexibility index (Phi) is 5.48. The van der Waals surface area contributed by atoms with Gasteiger partial charge in [-0.1, -0.05) is 11.2 Å². The molecule has 28 heavy (non-hydrogen) atoms. The lowest BCUT2D eigenvalue weighted by molar-refractivity contribution is 0.0929. The molecule has 148 valence electrons. The van der Waals surface area contributed by atoms with Gasteiger partial charge in [0, 0.05) is 11.3 Å². The maximum absolute atomic E-state index is 13.9. The van der Waals surface area contributed by atoms with E-state index in [1.165, 1.54) is 19.2 Å². The number of ether oxygens (including phenoxy) is 1. The maximum Gasteiger partial charge on any atom is 0.274 e. The Morgan fingerprint density at radius 3 is 2.68 bits per heavy atom. The van der Waals surface area contributed by atoms with E-state index < -0.39 is 17.8 Å². The number of hydrogen-bond acceptors (Lipinski definition) is 5. The fraction of sp³-hybridized carbons (Fsp3) is 0.350. The molecule has 0 radical (unpaired) electrons. The molecule has 0 spiro atoms. The van der Waals surface area contributed by atoms with Gasteiger partial charge in [0.15, 0.2) is 17.3 Å². The molecule has 0 aliphatic carbocycles. The van der Waals surface area contributed by atoms with E-state index in [-0.39, 0.29) is 11.4 Å². The highest BCUT2D eigenvalue weighted by Crippen LogP contribution is 2.23. The molecule has 0 saturated heterocycles. The number of nitrogens with one attached hydrogen (secondary N) is 1. The SMILES string of the molecule is COc1ccc(C(C)NC(=O)c2noc(C)c2Cn2nc(C)cc2C)cc1F. The number of carbonyl (C=O) groups is 1. The first kappa shape index (κ1) is 19.6. The zero-order valence-electron chi connectivity index (χ0n) is 16.5. The molecule has 2 heterocycles. The molecule has 0 aliphatic heterocycles. The van der Waals surface area contributed by atoms with Crippen molar-refractivity contribution in [3.63, 3.8) is 0 Å². The van der Waals surface area contributed by atoms with Crippen LogP contribution in [0.5, 0.6) is 5.75 Å². The number of amides is 1. The number of methoxy groups -OCH3 is 1. The van der Waals surface area contributed by atoms with E-state index in [2.05, 4.69) is 15.6 Å². The van der Waals surface area contributed by atoms with Crippen molar-refractivity contribution >= 4 is 5.91 Å². The molecule has 3 aromatic rings. The van der Waals surface area contributed by atoms with Crippen LogP contribution in [0.2, 0.25) is 0 Å². The Bertz CT molecular complexity index is 1010. The van der Waals surface area contributed by atoms with Crippen LogP contribution in [0.25, 0.3) is 0 Å². The van der Waals surface area contributed by atoms with Crippen molar-refractivity contribution < 1.29 is 18.4 Å². The van der Waals surface area contributed by atoms with E-state index in [0.717, 1.165) is 11.4 Å². The lowest BCUT2D eigenvalue weighted by atomic mass is 10.1. The molecule has 7 nitrogen and oxygen atoms in total. The Morgan fingerprint density at radius 2 is 2.07 bits per heavy atom. The molecule has 8 heteroatoms. The van der Waals surface area contributed by atoms with Crippen LogP contribution >= 0.6 is 0 Å². The van der Waals surface area contributed by atoms with Crippen LogP contribution in [-0.2, 0) is 6.54 Å². The van der Waals surface area contributed by atoms with Crippen molar-refractivity contribution in [1.82, 2.24) is 20.3 Å². The Morgan fingerprint density at radius 1 is 1.32 bits per heavy atom. The van der Waals surface area contributed by atoms with Gasteiger partial charge in [-0.25, -0.2) is 4.39 Å². The summed E-state index contributed by atoms with van der Waals surface area (Å²) in [5, 5.41) is 11.2. The third kappa shape index (κ3) is 3.90. The Balaban J connectivity index is 1.79. The fourth-order valence-electron chi connectivity index (χ4n) is 3.04. The summed E-state index contributed by atoms with van der Waals surface area (Å²) in [6.45, 7) is 7.76. The third-order valence-corrected chi connectivity index (χ3v) is 4.63. The van der Waals surface area contributed by atoms with Crippen molar-refractivity contribution in [2.45, 2.75) is 40.3 Å². The summed E-state index contributed by atoms with van der Waals surface area (Å²) in [5.74, 6) is -0.164. The van der Waals surface area contributed by atoms with Gasteiger partial charge < -0.3 is 14.6 Å². The first-order chi connectivity index (χ1) is 13.3. The Labute approximate surface area is 162 Å². The molecule has 1 N–H and O–H groups in total. The number of nitrogens with zero attached hydrogens (tertiary/aromatic N) is 3. The van der Waals surface area contributed by atoms with Crippen LogP contribution in [0.15, 0.2) is 28.8 Å². The monoisotopic (exact) mass is 386 g/mol. The smallest absolute Gasteiger partial charge is 0.274 e. The number of hydrogen-bond donors (Lipinski definition) is 1. The molecule has 1 unspecified atom stereocenters. The number of aromatic nitrogens is 3. The summed E-state index contributed by atoms with van der Waals surface area (Å²) in [6, 6.07) is 6.11. The molecule has 2 aromatic heterocycles. The van der Waals surface area contributed by atoms with Crippen molar-refractivity contribution in [2.24, 2.45) is 0 Å². The second-order valence-corrected chi connectivity index (χ2v) is 6.74. The third-order valence-electron chi connectivity index (χ3n) is 4.63. The lowest BCUT2D eigenvalue weighted by Crippen LogP contribution is -2.28. The normalized spacial score (nSPS) is 12.1. The van der Waals surface area contributed by atoms with E-state index in [4.69, 9.17) is 9.26 Å². The minimum atomic E-state index is -0.483. The number of rotatable bonds is 6. The molecule has 0 aliphatic rings. The van der Waals surface area contributed by atoms with E-state index in [1.807, 2.05) is 19.9 Å². The number of aryl methyl sites for hydroxylation is 3. The van der Waals surface area contributed by atoms with Crippen LogP contribution in [0.1, 0.15) is 51.7 Å². The van der Waals surface area contributed by atoms with Gasteiger partial charge in [0.1, 0.15) is 5.76 Å². The van der Waals surface area contributed by atoms with Gasteiger partial charge in [0.05, 0.1) is 25.4 Å². The number of benzene rings is 1. The molecular weight excluding hydrogens is 363 g/mol. The average molecular weight is 386 g/mol. The van der Waals surface area contributed by atoms with Crippen molar-refractivity contribution in [1.29, 1.82) is 0 Å². The van der Waals surface area contributed by atoms with Crippen molar-refractivity contribution in [2.75, 3.05) is 7.11 Å². The van der Waals surface area contributed by atoms with Crippen molar-refractivity contribution in [3.8, 4) is 5.75 Å². The summed E-state index contributed by atoms with van der Waals surface area (Å²) in [5.41, 5.74) is 3.36. The van der Waals surface area contributed by atoms with Crippen LogP contribution in [0, 0.1) is 26.6 Å². The highest BCUT2D eigenvalue weighted by molar-refractivity contribution is 5.94. The van der Waals surface area contributed by atoms with Gasteiger partial charge in [-0.3, -0.25) is 9.48 Å². The number of carbonyl (C=O) groups excluding carboxylic acids is 1. The molecule has 0 bridgehead atoms. The first-order valence-electron chi connectivity index (χ1n) is 8.90. The Hall–Kier alpha value is -3.16. The molecule has 1 amide bonds. The van der Waals surface area contributed by atoms with Crippen LogP contribution in [0.3, 0.4) is 0 Å². The van der Waals surface area contributed by atoms with Gasteiger partial charge in [0.2, 0.25) is 0 Å². The molecular formula is C20H23FN4O3. The standard InChI is InChI=1S/C20H23FN4O3/c1-11-8-12(2)25(23-11)10-16-14(4)28-24-19(16)20(26)22-13(3)15-6-7-18(27-5)17(21)9-15/h6-9,13H,10H2,1-5H3,(H,22,26). The van der Waals surface area contributed by atoms with E-state index >= 15 is 0 Å². The average Bonchev–Trinajstić information content (AvgIpc) is 3.17. The second-order valence-electron chi connectivity index (χ2n) is 6.74. The predicted octanol–water partition coefficient (Wildman–Crippen LogP) is 3.48. The summed E-state index contributed by atoms with van der Waals surface area (Å²) in [4.78, 5) is 12.8. The second kappa shape index (κ2) is 7.84. The van der Waals surface area contributed by atoms with E-state index in [9.17, 15) is 9.18 Å². The van der Waals surface area contributed by atoms with E-state index in [1.54, 1.807) is 24.6 Å². The van der Waals surface area contributed by atoms with Gasteiger partial charge in [0.25, 0.3) is 5.91 Å². The van der Waals surface area contributed by atoms with Crippen LogP contribution < -0.4 is 10.1 Å². The lowest BCUT2D eigenvalue weighted by Gasteiger charge is -2.15. The first-order valence-corrected chi connectivity index (χ1v) is 8.90. The maximum atomic E-state index is 13.9. The molecule has 1 aromatic carbocycles. The predicted molar refractivity (Wildman–Crippen MR) is 101 cm³/mol. The molecule has 3 rings (SSSR count). The molecule has 0 fully saturated rings. The molecule has 1 atom stereocenters. The zero-order chi connectivity index (χ0) is 20.4. The minimum absolute atomic E-state index is 0.154. The van der Waals surface area contributed by atoms with Crippen molar-refractivity contribution in [3.05, 3.63) is 64.1 Å². The summed E-state index contributed by atoms with van der Waals surface area (Å²) in [7, 11) is 1.40. The topological polar surface area (TPSA) is 82.2 Å². The summed E-state index contributed by atoms with van der Waals surface area (Å²) in [6.07, 6.45) is 0. The van der Waals surface area contributed by atoms with Gasteiger partial charge >= 0.3 is 0 Å². The largest absolute Gasteiger partial charge is 0.494 e. The van der Waals surface area contributed by atoms with Crippen LogP contribution in [0.4, 0.5) is 4.39 Å². The van der Waals surface area contributed by atoms with Gasteiger partial charge in [-0.2, -0.15) is 5.10 Å². The van der Waals surface area contributed by atoms with Gasteiger partial charge in [-0.05, 0) is 51.5 Å². The fourth-order valence-corrected chi connectivity index (χ4v) is 3.04. The molecule has 0 saturated carbocycles. The minimum Gasteiger partial charge on any atom is -0.494 e. The highest BCUT2D eigenvalue weighted by atomic mass is 19.1. The van der Waals surface area contributed by atoms with E-state index in [0.29, 0.717) is 23.4 Å². The summed E-state index contributed by atoms with van der Waals surface area (Å²) >= 11 is 0. The highest BCUT2D eigenvalue weighted by Gasteiger charge is 2.23. The van der Waals surface area contributed by atoms with Gasteiger partial charge in [-0.15, -0.1) is 0 Å². The number of halogens is 1. The zero-order valence-corrected chi connectivity index (χ0v) is 16.5. The van der Waals surface area contributed by atoms with Crippen LogP contribution in [-0.4, -0.2) is 28.0 Å².